The monoisotopic (exact) mass is 316 g/mol. The highest BCUT2D eigenvalue weighted by Gasteiger charge is 2.52. The molecule has 2 fully saturated rings. The molecule has 3 aliphatic rings. The molecule has 118 valence electrons. The first-order valence-corrected chi connectivity index (χ1v) is 8.98. The lowest BCUT2D eigenvalue weighted by atomic mass is 9.56. The Balaban J connectivity index is 1.73. The van der Waals surface area contributed by atoms with Crippen LogP contribution in [0.4, 0.5) is 0 Å². The van der Waals surface area contributed by atoms with Crippen LogP contribution in [0.25, 0.3) is 0 Å². The van der Waals surface area contributed by atoms with Crippen LogP contribution in [0.5, 0.6) is 5.75 Å². The maximum Gasteiger partial charge on any atom is 0.123 e. The van der Waals surface area contributed by atoms with Gasteiger partial charge in [-0.05, 0) is 85.0 Å². The molecule has 4 rings (SSSR count). The van der Waals surface area contributed by atoms with Crippen molar-refractivity contribution in [3.63, 3.8) is 0 Å². The zero-order valence-electron chi connectivity index (χ0n) is 13.1. The maximum atomic E-state index is 10.2. The van der Waals surface area contributed by atoms with Gasteiger partial charge >= 0.3 is 0 Å². The van der Waals surface area contributed by atoms with Crippen LogP contribution in [-0.4, -0.2) is 21.7 Å². The van der Waals surface area contributed by atoms with E-state index in [1.165, 1.54) is 30.4 Å². The van der Waals surface area contributed by atoms with Crippen molar-refractivity contribution in [3.8, 4) is 5.75 Å². The number of aromatic hydroxyl groups is 1. The molecule has 3 aliphatic carbocycles. The van der Waals surface area contributed by atoms with Gasteiger partial charge in [0, 0.05) is 10.9 Å². The van der Waals surface area contributed by atoms with Crippen LogP contribution in [0.1, 0.15) is 61.6 Å². The molecule has 0 bridgehead atoms. The first kappa shape index (κ1) is 14.6. The number of thiocarbonyl (C=S) groups is 1. The minimum atomic E-state index is -0.105. The highest BCUT2D eigenvalue weighted by molar-refractivity contribution is 7.79. The fourth-order valence-electron chi connectivity index (χ4n) is 5.74. The minimum Gasteiger partial charge on any atom is -0.507 e. The smallest absolute Gasteiger partial charge is 0.123 e. The number of rotatable bonds is 1. The van der Waals surface area contributed by atoms with E-state index in [2.05, 4.69) is 13.0 Å². The highest BCUT2D eigenvalue weighted by Crippen LogP contribution is 2.61. The second-order valence-electron chi connectivity index (χ2n) is 7.93. The largest absolute Gasteiger partial charge is 0.507 e. The van der Waals surface area contributed by atoms with Crippen molar-refractivity contribution in [2.45, 2.75) is 57.5 Å². The number of hydrogen-bond acceptors (Lipinski definition) is 3. The van der Waals surface area contributed by atoms with Crippen LogP contribution in [0.15, 0.2) is 12.1 Å². The number of benzene rings is 1. The van der Waals surface area contributed by atoms with Crippen LogP contribution >= 0.6 is 12.2 Å². The van der Waals surface area contributed by atoms with Crippen molar-refractivity contribution in [2.24, 2.45) is 17.3 Å². The van der Waals surface area contributed by atoms with E-state index in [0.29, 0.717) is 28.9 Å². The molecule has 2 saturated carbocycles. The molecule has 1 aromatic carbocycles. The number of aliphatic hydroxyl groups excluding tert-OH is 1. The van der Waals surface area contributed by atoms with Crippen LogP contribution in [-0.2, 0) is 6.42 Å². The molecule has 0 radical (unpaired) electrons. The van der Waals surface area contributed by atoms with E-state index in [9.17, 15) is 10.2 Å². The van der Waals surface area contributed by atoms with E-state index in [1.807, 2.05) is 6.07 Å². The van der Waals surface area contributed by atoms with Crippen molar-refractivity contribution < 1.29 is 10.2 Å². The highest BCUT2D eigenvalue weighted by atomic mass is 32.1. The van der Waals surface area contributed by atoms with Gasteiger partial charge in [0.05, 0.1) is 6.10 Å². The molecule has 0 aromatic heterocycles. The third-order valence-corrected chi connectivity index (χ3v) is 7.00. The lowest BCUT2D eigenvalue weighted by molar-refractivity contribution is 0.0595. The lowest BCUT2D eigenvalue weighted by Crippen LogP contribution is -2.39. The topological polar surface area (TPSA) is 40.5 Å². The Hall–Kier alpha value is -0.930. The second kappa shape index (κ2) is 5.04. The zero-order chi connectivity index (χ0) is 15.5. The van der Waals surface area contributed by atoms with Crippen molar-refractivity contribution >= 4 is 17.6 Å². The predicted molar refractivity (Wildman–Crippen MR) is 91.5 cm³/mol. The number of phenols is 1. The summed E-state index contributed by atoms with van der Waals surface area (Å²) in [6.07, 6.45) is 6.51. The van der Waals surface area contributed by atoms with Gasteiger partial charge in [-0.25, -0.2) is 0 Å². The van der Waals surface area contributed by atoms with E-state index < -0.39 is 0 Å². The van der Waals surface area contributed by atoms with Crippen LogP contribution in [0, 0.1) is 17.3 Å². The van der Waals surface area contributed by atoms with Gasteiger partial charge in [0.15, 0.2) is 0 Å². The molecule has 2 nitrogen and oxygen atoms in total. The van der Waals surface area contributed by atoms with Gasteiger partial charge in [-0.3, -0.25) is 0 Å². The van der Waals surface area contributed by atoms with Crippen molar-refractivity contribution in [2.75, 3.05) is 0 Å². The summed E-state index contributed by atoms with van der Waals surface area (Å²) in [5.41, 5.74) is 3.84. The Morgan fingerprint density at radius 2 is 2.14 bits per heavy atom. The molecule has 5 atom stereocenters. The van der Waals surface area contributed by atoms with Gasteiger partial charge in [0.2, 0.25) is 0 Å². The summed E-state index contributed by atoms with van der Waals surface area (Å²) in [5.74, 6) is 2.25. The molecule has 2 N–H and O–H groups in total. The summed E-state index contributed by atoms with van der Waals surface area (Å²) in [6.45, 7) is 2.39. The first-order valence-electron chi connectivity index (χ1n) is 8.51. The number of aryl methyl sites for hydroxylation is 1. The fraction of sp³-hybridized carbons (Fsp3) is 0.632. The van der Waals surface area contributed by atoms with Crippen molar-refractivity contribution in [1.82, 2.24) is 0 Å². The molecule has 3 heteroatoms. The normalized spacial score (nSPS) is 39.7. The fourth-order valence-corrected chi connectivity index (χ4v) is 5.93. The van der Waals surface area contributed by atoms with Gasteiger partial charge < -0.3 is 10.2 Å². The van der Waals surface area contributed by atoms with E-state index in [0.717, 1.165) is 24.8 Å². The number of aliphatic hydroxyl groups is 1. The second-order valence-corrected chi connectivity index (χ2v) is 8.17. The molecule has 0 saturated heterocycles. The average Bonchev–Trinajstić information content (AvgIpc) is 2.80. The number of hydrogen-bond donors (Lipinski definition) is 2. The van der Waals surface area contributed by atoms with E-state index in [4.69, 9.17) is 12.2 Å². The lowest BCUT2D eigenvalue weighted by Gasteiger charge is -2.49. The number of phenolic OH excluding ortho intramolecular Hbond substituents is 1. The Bertz CT molecular complexity index is 626. The molecular weight excluding hydrogens is 292 g/mol. The third-order valence-electron chi connectivity index (χ3n) is 6.75. The van der Waals surface area contributed by atoms with Crippen molar-refractivity contribution in [3.05, 3.63) is 28.8 Å². The first-order chi connectivity index (χ1) is 10.5. The van der Waals surface area contributed by atoms with Crippen LogP contribution in [0.2, 0.25) is 0 Å². The Kier molecular flexibility index (Phi) is 3.35. The summed E-state index contributed by atoms with van der Waals surface area (Å²) < 4.78 is 0. The van der Waals surface area contributed by atoms with Gasteiger partial charge in [-0.2, -0.15) is 0 Å². The van der Waals surface area contributed by atoms with E-state index in [1.54, 1.807) is 5.37 Å². The number of fused-ring (bicyclic) bond motifs is 5. The predicted octanol–water partition coefficient (Wildman–Crippen LogP) is 3.96. The molecule has 0 unspecified atom stereocenters. The summed E-state index contributed by atoms with van der Waals surface area (Å²) in [6, 6.07) is 4.06. The summed E-state index contributed by atoms with van der Waals surface area (Å²) in [4.78, 5) is 0. The van der Waals surface area contributed by atoms with Crippen LogP contribution < -0.4 is 0 Å². The molecule has 22 heavy (non-hydrogen) atoms. The maximum absolute atomic E-state index is 10.2. The third kappa shape index (κ3) is 2.05. The Labute approximate surface area is 137 Å². The standard InChI is InChI=1S/C19H24O2S/c1-19-5-4-14-15(17(19)8-13(20)9-19)3-2-11-7-18(21)12(10-22)6-16(11)14/h6-7,10,13-15,17,20-21H,2-5,8-9H2,1H3/t13-,14+,15-,17+,19-/m1/s1. The van der Waals surface area contributed by atoms with Gasteiger partial charge in [-0.15, -0.1) is 0 Å². The molecule has 0 aliphatic heterocycles. The van der Waals surface area contributed by atoms with Crippen molar-refractivity contribution in [1.29, 1.82) is 0 Å². The summed E-state index contributed by atoms with van der Waals surface area (Å²) >= 11 is 5.05. The molecule has 0 spiro atoms. The molecule has 0 amide bonds. The summed E-state index contributed by atoms with van der Waals surface area (Å²) in [5, 5.41) is 21.8. The van der Waals surface area contributed by atoms with E-state index in [-0.39, 0.29) is 6.10 Å². The summed E-state index contributed by atoms with van der Waals surface area (Å²) in [7, 11) is 0. The van der Waals surface area contributed by atoms with Gasteiger partial charge in [0.1, 0.15) is 5.75 Å². The Morgan fingerprint density at radius 1 is 1.32 bits per heavy atom. The molecule has 0 heterocycles. The molecular formula is C19H24O2S. The molecule has 1 aromatic rings. The quantitative estimate of drug-likeness (QED) is 0.771. The average molecular weight is 316 g/mol. The Morgan fingerprint density at radius 3 is 2.91 bits per heavy atom. The minimum absolute atomic E-state index is 0.105. The van der Waals surface area contributed by atoms with Crippen LogP contribution in [0.3, 0.4) is 0 Å². The zero-order valence-corrected chi connectivity index (χ0v) is 13.9. The van der Waals surface area contributed by atoms with E-state index >= 15 is 0 Å². The van der Waals surface area contributed by atoms with Gasteiger partial charge in [-0.1, -0.05) is 19.1 Å². The SMILES string of the molecule is C[C@]12CC[C@@H]3c4cc(C=S)c(O)cc4CC[C@H]3[C@@H]1C[C@@H](O)C2. The van der Waals surface area contributed by atoms with Gasteiger partial charge in [0.25, 0.3) is 0 Å².